The zero-order valence-electron chi connectivity index (χ0n) is 8.21. The summed E-state index contributed by atoms with van der Waals surface area (Å²) in [5.41, 5.74) is 0. The van der Waals surface area contributed by atoms with Crippen LogP contribution < -0.4 is 0 Å². The second-order valence-corrected chi connectivity index (χ2v) is 4.01. The molecule has 0 aromatic carbocycles. The second kappa shape index (κ2) is 7.65. The van der Waals surface area contributed by atoms with Crippen molar-refractivity contribution in [2.45, 2.75) is 25.7 Å². The van der Waals surface area contributed by atoms with Gasteiger partial charge in [0, 0.05) is 26.4 Å². The van der Waals surface area contributed by atoms with Crippen LogP contribution in [0.1, 0.15) is 25.7 Å². The minimum Gasteiger partial charge on any atom is -0.381 e. The predicted octanol–water partition coefficient (Wildman–Crippen LogP) is 2.14. The molecule has 0 amide bonds. The van der Waals surface area contributed by atoms with E-state index in [0.717, 1.165) is 50.9 Å². The minimum absolute atomic E-state index is 0.741. The maximum absolute atomic E-state index is 5.59. The van der Waals surface area contributed by atoms with Crippen molar-refractivity contribution in [1.82, 2.24) is 0 Å². The highest BCUT2D eigenvalue weighted by Gasteiger charge is 2.13. The van der Waals surface area contributed by atoms with E-state index in [9.17, 15) is 0 Å². The van der Waals surface area contributed by atoms with Crippen LogP contribution in [0.3, 0.4) is 0 Å². The van der Waals surface area contributed by atoms with Gasteiger partial charge >= 0.3 is 0 Å². The lowest BCUT2D eigenvalue weighted by atomic mass is 10.0. The van der Waals surface area contributed by atoms with Crippen LogP contribution in [0, 0.1) is 5.92 Å². The number of hydrogen-bond acceptors (Lipinski definition) is 3. The lowest BCUT2D eigenvalue weighted by Gasteiger charge is -2.21. The smallest absolute Gasteiger partial charge is 0.0495 e. The fourth-order valence-corrected chi connectivity index (χ4v) is 1.70. The van der Waals surface area contributed by atoms with Crippen LogP contribution in [-0.2, 0) is 9.47 Å². The fourth-order valence-electron chi connectivity index (χ4n) is 1.48. The number of hydrogen-bond donors (Lipinski definition) is 1. The fraction of sp³-hybridized carbons (Fsp3) is 1.00. The Morgan fingerprint density at radius 3 is 2.69 bits per heavy atom. The van der Waals surface area contributed by atoms with Crippen molar-refractivity contribution in [3.8, 4) is 0 Å². The molecule has 3 heteroatoms. The molecule has 0 spiro atoms. The van der Waals surface area contributed by atoms with Gasteiger partial charge in [0.15, 0.2) is 0 Å². The zero-order chi connectivity index (χ0) is 9.36. The molecular formula is C10H20O2S. The van der Waals surface area contributed by atoms with Crippen molar-refractivity contribution in [2.24, 2.45) is 5.92 Å². The lowest BCUT2D eigenvalue weighted by molar-refractivity contribution is 0.0201. The summed E-state index contributed by atoms with van der Waals surface area (Å²) in [6.45, 7) is 3.67. The van der Waals surface area contributed by atoms with Gasteiger partial charge in [0.05, 0.1) is 0 Å². The van der Waals surface area contributed by atoms with Crippen molar-refractivity contribution in [2.75, 3.05) is 32.2 Å². The minimum atomic E-state index is 0.741. The number of rotatable bonds is 6. The average Bonchev–Trinajstić information content (AvgIpc) is 2.19. The van der Waals surface area contributed by atoms with Crippen LogP contribution in [0.25, 0.3) is 0 Å². The summed E-state index contributed by atoms with van der Waals surface area (Å²) in [5.74, 6) is 1.71. The van der Waals surface area contributed by atoms with E-state index in [-0.39, 0.29) is 0 Å². The molecule has 13 heavy (non-hydrogen) atoms. The quantitative estimate of drug-likeness (QED) is 0.528. The number of thiol groups is 1. The molecule has 1 rings (SSSR count). The summed E-state index contributed by atoms with van der Waals surface area (Å²) in [7, 11) is 0. The Balaban J connectivity index is 1.86. The molecule has 0 aliphatic carbocycles. The first-order chi connectivity index (χ1) is 6.43. The molecule has 1 aliphatic rings. The Bertz CT molecular complexity index is 113. The third-order valence-corrected chi connectivity index (χ3v) is 2.71. The number of ether oxygens (including phenoxy) is 2. The highest BCUT2D eigenvalue weighted by atomic mass is 32.1. The van der Waals surface area contributed by atoms with Gasteiger partial charge in [0.1, 0.15) is 0 Å². The van der Waals surface area contributed by atoms with E-state index in [4.69, 9.17) is 9.47 Å². The zero-order valence-corrected chi connectivity index (χ0v) is 9.10. The van der Waals surface area contributed by atoms with Crippen molar-refractivity contribution < 1.29 is 9.47 Å². The van der Waals surface area contributed by atoms with Gasteiger partial charge in [-0.05, 0) is 37.4 Å². The maximum atomic E-state index is 5.59. The van der Waals surface area contributed by atoms with Crippen LogP contribution in [0.5, 0.6) is 0 Å². The standard InChI is InChI=1S/C10H20O2S/c13-8-2-1-5-12-9-10-3-6-11-7-4-10/h10,13H,1-9H2. The van der Waals surface area contributed by atoms with Gasteiger partial charge in [-0.15, -0.1) is 0 Å². The van der Waals surface area contributed by atoms with E-state index in [2.05, 4.69) is 12.6 Å². The van der Waals surface area contributed by atoms with Crippen molar-refractivity contribution >= 4 is 12.6 Å². The highest BCUT2D eigenvalue weighted by molar-refractivity contribution is 7.80. The number of unbranched alkanes of at least 4 members (excludes halogenated alkanes) is 1. The Morgan fingerprint density at radius 2 is 2.00 bits per heavy atom. The van der Waals surface area contributed by atoms with E-state index < -0.39 is 0 Å². The average molecular weight is 204 g/mol. The van der Waals surface area contributed by atoms with E-state index in [0.29, 0.717) is 0 Å². The summed E-state index contributed by atoms with van der Waals surface area (Å²) in [6, 6.07) is 0. The molecule has 1 saturated heterocycles. The predicted molar refractivity (Wildman–Crippen MR) is 57.4 cm³/mol. The molecule has 0 saturated carbocycles. The van der Waals surface area contributed by atoms with E-state index >= 15 is 0 Å². The molecule has 0 radical (unpaired) electrons. The van der Waals surface area contributed by atoms with Crippen molar-refractivity contribution in [3.05, 3.63) is 0 Å². The molecule has 0 aromatic rings. The molecule has 0 unspecified atom stereocenters. The van der Waals surface area contributed by atoms with Gasteiger partial charge in [0.2, 0.25) is 0 Å². The van der Waals surface area contributed by atoms with Gasteiger partial charge in [-0.1, -0.05) is 0 Å². The Labute approximate surface area is 86.4 Å². The van der Waals surface area contributed by atoms with Gasteiger partial charge in [-0.3, -0.25) is 0 Å². The lowest BCUT2D eigenvalue weighted by Crippen LogP contribution is -2.20. The summed E-state index contributed by atoms with van der Waals surface area (Å²) >= 11 is 4.15. The molecule has 1 fully saturated rings. The largest absolute Gasteiger partial charge is 0.381 e. The first-order valence-corrected chi connectivity index (χ1v) is 5.83. The molecule has 0 N–H and O–H groups in total. The monoisotopic (exact) mass is 204 g/mol. The second-order valence-electron chi connectivity index (χ2n) is 3.56. The topological polar surface area (TPSA) is 18.5 Å². The molecule has 2 nitrogen and oxygen atoms in total. The SMILES string of the molecule is SCCCCOCC1CCOCC1. The van der Waals surface area contributed by atoms with Crippen LogP contribution in [0.2, 0.25) is 0 Å². The van der Waals surface area contributed by atoms with Crippen molar-refractivity contribution in [1.29, 1.82) is 0 Å². The molecule has 1 heterocycles. The van der Waals surface area contributed by atoms with E-state index in [1.165, 1.54) is 12.8 Å². The first-order valence-electron chi connectivity index (χ1n) is 5.20. The molecule has 0 atom stereocenters. The molecule has 0 bridgehead atoms. The summed E-state index contributed by atoms with van der Waals surface area (Å²) < 4.78 is 10.9. The van der Waals surface area contributed by atoms with E-state index in [1.807, 2.05) is 0 Å². The van der Waals surface area contributed by atoms with Crippen LogP contribution in [-0.4, -0.2) is 32.2 Å². The Morgan fingerprint density at radius 1 is 1.23 bits per heavy atom. The molecule has 78 valence electrons. The summed E-state index contributed by atoms with van der Waals surface area (Å²) in [5, 5.41) is 0. The highest BCUT2D eigenvalue weighted by Crippen LogP contribution is 2.14. The van der Waals surface area contributed by atoms with Gasteiger partial charge in [-0.25, -0.2) is 0 Å². The third-order valence-electron chi connectivity index (χ3n) is 2.39. The first kappa shape index (κ1) is 11.3. The van der Waals surface area contributed by atoms with Gasteiger partial charge in [0.25, 0.3) is 0 Å². The normalized spacial score (nSPS) is 19.2. The van der Waals surface area contributed by atoms with Crippen molar-refractivity contribution in [3.63, 3.8) is 0 Å². The Hall–Kier alpha value is 0.270. The van der Waals surface area contributed by atoms with E-state index in [1.54, 1.807) is 0 Å². The molecular weight excluding hydrogens is 184 g/mol. The van der Waals surface area contributed by atoms with Crippen LogP contribution >= 0.6 is 12.6 Å². The van der Waals surface area contributed by atoms with Gasteiger partial charge < -0.3 is 9.47 Å². The van der Waals surface area contributed by atoms with Crippen LogP contribution in [0.4, 0.5) is 0 Å². The molecule has 1 aliphatic heterocycles. The van der Waals surface area contributed by atoms with Gasteiger partial charge in [-0.2, -0.15) is 12.6 Å². The maximum Gasteiger partial charge on any atom is 0.0495 e. The third kappa shape index (κ3) is 5.55. The summed E-state index contributed by atoms with van der Waals surface area (Å²) in [6.07, 6.45) is 4.66. The summed E-state index contributed by atoms with van der Waals surface area (Å²) in [4.78, 5) is 0. The molecule has 0 aromatic heterocycles. The van der Waals surface area contributed by atoms with Crippen LogP contribution in [0.15, 0.2) is 0 Å². The Kier molecular flexibility index (Phi) is 6.68.